The van der Waals surface area contributed by atoms with E-state index in [1.807, 2.05) is 44.2 Å². The van der Waals surface area contributed by atoms with Crippen LogP contribution in [0.5, 0.6) is 5.75 Å². The highest BCUT2D eigenvalue weighted by atomic mass is 35.5. The number of sulfonamides is 1. The zero-order valence-corrected chi connectivity index (χ0v) is 28.8. The molecule has 0 fully saturated rings. The molecule has 4 aromatic rings. The number of carbonyl (C=O) groups excluding carboxylic acids is 2. The molecule has 8 nitrogen and oxygen atoms in total. The number of halogens is 2. The van der Waals surface area contributed by atoms with E-state index in [-0.39, 0.29) is 29.5 Å². The highest BCUT2D eigenvalue weighted by Crippen LogP contribution is 2.28. The van der Waals surface area contributed by atoms with E-state index in [2.05, 4.69) is 5.32 Å². The minimum Gasteiger partial charge on any atom is -0.494 e. The predicted molar refractivity (Wildman–Crippen MR) is 187 cm³/mol. The minimum absolute atomic E-state index is 0.0361. The van der Waals surface area contributed by atoms with Crippen molar-refractivity contribution in [1.82, 2.24) is 10.2 Å². The summed E-state index contributed by atoms with van der Waals surface area (Å²) in [5.41, 5.74) is 1.85. The van der Waals surface area contributed by atoms with Crippen molar-refractivity contribution >= 4 is 50.7 Å². The number of hydrogen-bond donors (Lipinski definition) is 1. The maximum Gasteiger partial charge on any atom is 0.264 e. The molecule has 11 heteroatoms. The number of unbranched alkanes of at least 4 members (excludes halogenated alkanes) is 1. The standard InChI is InChI=1S/C36H39Cl2N3O5S/c1-3-5-23-39-36(43)34(24-27-9-7-6-8-10-27)40(25-28-11-13-29(37)14-12-28)35(42)26-41(31-17-19-32(20-18-31)46-4-2)47(44,45)33-21-15-30(38)16-22-33/h6-22,34H,3-5,23-26H2,1-2H3,(H,39,43). The van der Waals surface area contributed by atoms with Gasteiger partial charge in [0.05, 0.1) is 17.2 Å². The molecule has 0 saturated carbocycles. The normalized spacial score (nSPS) is 11.8. The number of amides is 2. The number of benzene rings is 4. The Morgan fingerprint density at radius 3 is 2.02 bits per heavy atom. The van der Waals surface area contributed by atoms with Crippen LogP contribution >= 0.6 is 23.2 Å². The van der Waals surface area contributed by atoms with Crippen molar-refractivity contribution < 1.29 is 22.7 Å². The maximum atomic E-state index is 14.5. The Morgan fingerprint density at radius 1 is 0.809 bits per heavy atom. The first-order valence-corrected chi connectivity index (χ1v) is 17.7. The van der Waals surface area contributed by atoms with Gasteiger partial charge in [-0.1, -0.05) is 79.0 Å². The summed E-state index contributed by atoms with van der Waals surface area (Å²) in [6.07, 6.45) is 1.89. The van der Waals surface area contributed by atoms with Gasteiger partial charge < -0.3 is 15.0 Å². The molecule has 4 aromatic carbocycles. The molecular weight excluding hydrogens is 657 g/mol. The molecule has 0 radical (unpaired) electrons. The molecule has 0 bridgehead atoms. The molecule has 2 amide bonds. The number of carbonyl (C=O) groups is 2. The average molecular weight is 697 g/mol. The Kier molecular flexibility index (Phi) is 13.1. The van der Waals surface area contributed by atoms with Gasteiger partial charge in [0.15, 0.2) is 0 Å². The average Bonchev–Trinajstić information content (AvgIpc) is 3.07. The van der Waals surface area contributed by atoms with Crippen LogP contribution < -0.4 is 14.4 Å². The molecule has 0 aromatic heterocycles. The number of anilines is 1. The second kappa shape index (κ2) is 17.2. The van der Waals surface area contributed by atoms with E-state index in [1.165, 1.54) is 29.2 Å². The van der Waals surface area contributed by atoms with Crippen LogP contribution in [0.3, 0.4) is 0 Å². The van der Waals surface area contributed by atoms with E-state index < -0.39 is 28.5 Å². The quantitative estimate of drug-likeness (QED) is 0.126. The van der Waals surface area contributed by atoms with Crippen LogP contribution in [0.15, 0.2) is 108 Å². The molecule has 0 aliphatic carbocycles. The Labute approximate surface area is 287 Å². The highest BCUT2D eigenvalue weighted by molar-refractivity contribution is 7.92. The fourth-order valence-corrected chi connectivity index (χ4v) is 6.65. The molecule has 1 atom stereocenters. The van der Waals surface area contributed by atoms with Gasteiger partial charge in [-0.2, -0.15) is 0 Å². The van der Waals surface area contributed by atoms with E-state index in [1.54, 1.807) is 48.5 Å². The van der Waals surface area contributed by atoms with Crippen LogP contribution in [-0.2, 0) is 32.6 Å². The van der Waals surface area contributed by atoms with Gasteiger partial charge in [0, 0.05) is 29.6 Å². The summed E-state index contributed by atoms with van der Waals surface area (Å²) in [4.78, 5) is 29.8. The SMILES string of the molecule is CCCCNC(=O)C(Cc1ccccc1)N(Cc1ccc(Cl)cc1)C(=O)CN(c1ccc(OCC)cc1)S(=O)(=O)c1ccc(Cl)cc1. The van der Waals surface area contributed by atoms with Crippen molar-refractivity contribution in [3.63, 3.8) is 0 Å². The Morgan fingerprint density at radius 2 is 1.43 bits per heavy atom. The minimum atomic E-state index is -4.26. The Hall–Kier alpha value is -4.05. The maximum absolute atomic E-state index is 14.5. The number of rotatable bonds is 16. The summed E-state index contributed by atoms with van der Waals surface area (Å²) < 4.78 is 34.9. The molecule has 0 heterocycles. The zero-order valence-electron chi connectivity index (χ0n) is 26.4. The molecule has 4 rings (SSSR count). The van der Waals surface area contributed by atoms with Crippen molar-refractivity contribution in [1.29, 1.82) is 0 Å². The largest absolute Gasteiger partial charge is 0.494 e. The van der Waals surface area contributed by atoms with Crippen LogP contribution in [-0.4, -0.2) is 50.9 Å². The van der Waals surface area contributed by atoms with Crippen LogP contribution in [0.2, 0.25) is 10.0 Å². The molecule has 0 saturated heterocycles. The number of nitrogens with one attached hydrogen (secondary N) is 1. The summed E-state index contributed by atoms with van der Waals surface area (Å²) >= 11 is 12.2. The second-order valence-electron chi connectivity index (χ2n) is 10.9. The van der Waals surface area contributed by atoms with Crippen LogP contribution in [0.1, 0.15) is 37.8 Å². The van der Waals surface area contributed by atoms with Crippen LogP contribution in [0.25, 0.3) is 0 Å². The topological polar surface area (TPSA) is 96.0 Å². The van der Waals surface area contributed by atoms with Gasteiger partial charge in [-0.3, -0.25) is 13.9 Å². The van der Waals surface area contributed by atoms with Gasteiger partial charge in [-0.25, -0.2) is 8.42 Å². The fraction of sp³-hybridized carbons (Fsp3) is 0.278. The first kappa shape index (κ1) is 35.8. The number of nitrogens with zero attached hydrogens (tertiary/aromatic N) is 2. The number of hydrogen-bond acceptors (Lipinski definition) is 5. The van der Waals surface area contributed by atoms with E-state index in [4.69, 9.17) is 27.9 Å². The monoisotopic (exact) mass is 695 g/mol. The van der Waals surface area contributed by atoms with Crippen molar-refractivity contribution in [2.24, 2.45) is 0 Å². The van der Waals surface area contributed by atoms with Crippen molar-refractivity contribution in [3.05, 3.63) is 124 Å². The lowest BCUT2D eigenvalue weighted by Gasteiger charge is -2.34. The summed E-state index contributed by atoms with van der Waals surface area (Å²) in [6.45, 7) is 4.25. The van der Waals surface area contributed by atoms with E-state index in [0.717, 1.165) is 28.3 Å². The smallest absolute Gasteiger partial charge is 0.264 e. The van der Waals surface area contributed by atoms with Crippen molar-refractivity contribution in [2.75, 3.05) is 24.0 Å². The fourth-order valence-electron chi connectivity index (χ4n) is 4.98. The summed E-state index contributed by atoms with van der Waals surface area (Å²) in [5, 5.41) is 3.89. The van der Waals surface area contributed by atoms with Crippen molar-refractivity contribution in [2.45, 2.75) is 50.6 Å². The zero-order chi connectivity index (χ0) is 33.8. The van der Waals surface area contributed by atoms with Crippen LogP contribution in [0, 0.1) is 0 Å². The molecule has 0 aliphatic heterocycles. The third-order valence-corrected chi connectivity index (χ3v) is 9.78. The van der Waals surface area contributed by atoms with Gasteiger partial charge in [0.25, 0.3) is 10.0 Å². The third-order valence-electron chi connectivity index (χ3n) is 7.48. The lowest BCUT2D eigenvalue weighted by molar-refractivity contribution is -0.140. The first-order chi connectivity index (χ1) is 22.6. The van der Waals surface area contributed by atoms with Crippen molar-refractivity contribution in [3.8, 4) is 5.75 Å². The van der Waals surface area contributed by atoms with E-state index in [9.17, 15) is 18.0 Å². The highest BCUT2D eigenvalue weighted by Gasteiger charge is 2.34. The van der Waals surface area contributed by atoms with E-state index in [0.29, 0.717) is 28.9 Å². The first-order valence-electron chi connectivity index (χ1n) is 15.5. The molecular formula is C36H39Cl2N3O5S. The summed E-state index contributed by atoms with van der Waals surface area (Å²) in [6, 6.07) is 27.7. The summed E-state index contributed by atoms with van der Waals surface area (Å²) in [7, 11) is -4.26. The van der Waals surface area contributed by atoms with E-state index >= 15 is 0 Å². The van der Waals surface area contributed by atoms with Gasteiger partial charge >= 0.3 is 0 Å². The lowest BCUT2D eigenvalue weighted by atomic mass is 10.0. The van der Waals surface area contributed by atoms with Gasteiger partial charge in [-0.15, -0.1) is 0 Å². The summed E-state index contributed by atoms with van der Waals surface area (Å²) in [5.74, 6) is -0.321. The molecule has 0 spiro atoms. The molecule has 248 valence electrons. The molecule has 1 unspecified atom stereocenters. The second-order valence-corrected chi connectivity index (χ2v) is 13.6. The molecule has 0 aliphatic rings. The number of ether oxygens (including phenoxy) is 1. The Balaban J connectivity index is 1.78. The predicted octanol–water partition coefficient (Wildman–Crippen LogP) is 7.14. The lowest BCUT2D eigenvalue weighted by Crippen LogP contribution is -2.53. The Bertz CT molecular complexity index is 1700. The molecule has 1 N–H and O–H groups in total. The van der Waals surface area contributed by atoms with Gasteiger partial charge in [-0.05, 0) is 85.1 Å². The third kappa shape index (κ3) is 9.97. The van der Waals surface area contributed by atoms with Gasteiger partial charge in [0.1, 0.15) is 18.3 Å². The molecule has 47 heavy (non-hydrogen) atoms. The van der Waals surface area contributed by atoms with Gasteiger partial charge in [0.2, 0.25) is 11.8 Å². The van der Waals surface area contributed by atoms with Crippen LogP contribution in [0.4, 0.5) is 5.69 Å².